The molecule has 1 unspecified atom stereocenters. The van der Waals surface area contributed by atoms with Crippen molar-refractivity contribution < 1.29 is 4.42 Å². The summed E-state index contributed by atoms with van der Waals surface area (Å²) < 4.78 is 5.35. The lowest BCUT2D eigenvalue weighted by Gasteiger charge is -2.11. The summed E-state index contributed by atoms with van der Waals surface area (Å²) in [6.07, 6.45) is 2.41. The van der Waals surface area contributed by atoms with Gasteiger partial charge in [0.15, 0.2) is 0 Å². The molecule has 0 bridgehead atoms. The lowest BCUT2D eigenvalue weighted by atomic mass is 10.1. The first-order valence-electron chi connectivity index (χ1n) is 5.69. The Balaban J connectivity index is 2.30. The van der Waals surface area contributed by atoms with Crippen molar-refractivity contribution in [1.82, 2.24) is 4.98 Å². The van der Waals surface area contributed by atoms with Gasteiger partial charge in [-0.1, -0.05) is 23.7 Å². The molecular weight excluding hydrogens is 268 g/mol. The molecule has 0 aliphatic rings. The van der Waals surface area contributed by atoms with Gasteiger partial charge in [-0.15, -0.1) is 0 Å². The van der Waals surface area contributed by atoms with Crippen molar-refractivity contribution in [3.8, 4) is 0 Å². The molecule has 3 nitrogen and oxygen atoms in total. The third-order valence-corrected chi connectivity index (χ3v) is 3.85. The third-order valence-electron chi connectivity index (χ3n) is 2.38. The summed E-state index contributed by atoms with van der Waals surface area (Å²) in [4.78, 5) is 5.24. The Bertz CT molecular complexity index is 540. The van der Waals surface area contributed by atoms with Crippen LogP contribution in [0.1, 0.15) is 18.2 Å². The minimum atomic E-state index is 0.0918. The Morgan fingerprint density at radius 2 is 2.28 bits per heavy atom. The number of nitrogens with zero attached hydrogens (tertiary/aromatic N) is 1. The van der Waals surface area contributed by atoms with E-state index in [1.54, 1.807) is 6.26 Å². The Morgan fingerprint density at radius 3 is 2.89 bits per heavy atom. The minimum Gasteiger partial charge on any atom is -0.439 e. The molecule has 5 heteroatoms. The maximum absolute atomic E-state index is 6.24. The smallest absolute Gasteiger partial charge is 0.260 e. The molecule has 96 valence electrons. The van der Waals surface area contributed by atoms with E-state index >= 15 is 0 Å². The number of aromatic nitrogens is 1. The zero-order chi connectivity index (χ0) is 13.1. The van der Waals surface area contributed by atoms with Gasteiger partial charge >= 0.3 is 0 Å². The van der Waals surface area contributed by atoms with Crippen molar-refractivity contribution in [2.24, 2.45) is 5.73 Å². The first kappa shape index (κ1) is 13.5. The second-order valence-corrected chi connectivity index (χ2v) is 5.64. The van der Waals surface area contributed by atoms with Gasteiger partial charge in [0.1, 0.15) is 6.26 Å². The molecule has 2 N–H and O–H groups in total. The number of nitrogens with two attached hydrogens (primary N) is 1. The molecule has 0 spiro atoms. The van der Waals surface area contributed by atoms with Gasteiger partial charge in [0, 0.05) is 10.9 Å². The number of halogens is 1. The van der Waals surface area contributed by atoms with Crippen LogP contribution >= 0.6 is 23.4 Å². The van der Waals surface area contributed by atoms with Crippen molar-refractivity contribution in [2.45, 2.75) is 36.4 Å². The second-order valence-electron chi connectivity index (χ2n) is 4.27. The van der Waals surface area contributed by atoms with Crippen LogP contribution < -0.4 is 5.73 Å². The number of hydrogen-bond acceptors (Lipinski definition) is 4. The highest BCUT2D eigenvalue weighted by atomic mass is 35.5. The summed E-state index contributed by atoms with van der Waals surface area (Å²) in [5, 5.41) is 1.31. The van der Waals surface area contributed by atoms with Crippen LogP contribution in [0.4, 0.5) is 0 Å². The fourth-order valence-electron chi connectivity index (χ4n) is 1.64. The van der Waals surface area contributed by atoms with E-state index in [2.05, 4.69) is 4.98 Å². The molecule has 0 saturated heterocycles. The predicted octanol–water partition coefficient (Wildman–Crippen LogP) is 3.68. The van der Waals surface area contributed by atoms with E-state index in [1.165, 1.54) is 11.8 Å². The van der Waals surface area contributed by atoms with Crippen LogP contribution in [-0.4, -0.2) is 11.0 Å². The lowest BCUT2D eigenvalue weighted by Crippen LogP contribution is -2.18. The summed E-state index contributed by atoms with van der Waals surface area (Å²) in [7, 11) is 0. The third kappa shape index (κ3) is 3.28. The van der Waals surface area contributed by atoms with Gasteiger partial charge in [-0.3, -0.25) is 0 Å². The van der Waals surface area contributed by atoms with E-state index in [0.29, 0.717) is 10.2 Å². The summed E-state index contributed by atoms with van der Waals surface area (Å²) in [5.74, 6) is 0. The summed E-state index contributed by atoms with van der Waals surface area (Å²) in [6.45, 7) is 3.87. The van der Waals surface area contributed by atoms with Gasteiger partial charge in [0.2, 0.25) is 0 Å². The first-order valence-corrected chi connectivity index (χ1v) is 6.88. The van der Waals surface area contributed by atoms with Crippen LogP contribution in [0.15, 0.2) is 39.0 Å². The zero-order valence-corrected chi connectivity index (χ0v) is 11.9. The fraction of sp³-hybridized carbons (Fsp3) is 0.308. The fourth-order valence-corrected chi connectivity index (χ4v) is 2.86. The van der Waals surface area contributed by atoms with Gasteiger partial charge in [0.25, 0.3) is 5.22 Å². The molecule has 0 aliphatic carbocycles. The molecule has 1 heterocycles. The lowest BCUT2D eigenvalue weighted by molar-refractivity contribution is 0.454. The van der Waals surface area contributed by atoms with Crippen LogP contribution in [0.3, 0.4) is 0 Å². The quantitative estimate of drug-likeness (QED) is 0.929. The topological polar surface area (TPSA) is 52.0 Å². The number of rotatable bonds is 4. The Labute approximate surface area is 116 Å². The minimum absolute atomic E-state index is 0.0918. The first-order chi connectivity index (χ1) is 8.56. The molecule has 2 aromatic rings. The van der Waals surface area contributed by atoms with Crippen molar-refractivity contribution >= 4 is 23.4 Å². The molecule has 18 heavy (non-hydrogen) atoms. The molecule has 2 rings (SSSR count). The average Bonchev–Trinajstić information content (AvgIpc) is 2.68. The monoisotopic (exact) mass is 282 g/mol. The highest BCUT2D eigenvalue weighted by Gasteiger charge is 2.13. The van der Waals surface area contributed by atoms with Crippen molar-refractivity contribution in [2.75, 3.05) is 0 Å². The Kier molecular flexibility index (Phi) is 4.32. The largest absolute Gasteiger partial charge is 0.439 e. The molecule has 0 saturated carbocycles. The van der Waals surface area contributed by atoms with Gasteiger partial charge in [-0.25, -0.2) is 4.98 Å². The molecule has 0 amide bonds. The van der Waals surface area contributed by atoms with Crippen LogP contribution in [0.2, 0.25) is 5.02 Å². The second kappa shape index (κ2) is 5.78. The number of benzene rings is 1. The van der Waals surface area contributed by atoms with E-state index in [-0.39, 0.29) is 6.04 Å². The van der Waals surface area contributed by atoms with Crippen molar-refractivity contribution in [1.29, 1.82) is 0 Å². The van der Waals surface area contributed by atoms with E-state index in [4.69, 9.17) is 21.8 Å². The molecule has 0 radical (unpaired) electrons. The van der Waals surface area contributed by atoms with Crippen molar-refractivity contribution in [3.05, 3.63) is 40.7 Å². The van der Waals surface area contributed by atoms with Crippen LogP contribution in [0.5, 0.6) is 0 Å². The van der Waals surface area contributed by atoms with Gasteiger partial charge in [-0.05, 0) is 43.7 Å². The standard InChI is InChI=1S/C13H15ClN2OS/c1-8(15)6-10-4-3-5-11(14)12(10)18-13-16-9(2)7-17-13/h3-5,7-8H,6,15H2,1-2H3. The molecule has 1 aromatic carbocycles. The van der Waals surface area contributed by atoms with Gasteiger partial charge in [0.05, 0.1) is 10.7 Å². The summed E-state index contributed by atoms with van der Waals surface area (Å²) in [5.41, 5.74) is 7.83. The Morgan fingerprint density at radius 1 is 1.50 bits per heavy atom. The molecule has 0 fully saturated rings. The Hall–Kier alpha value is -0.970. The highest BCUT2D eigenvalue weighted by Crippen LogP contribution is 2.36. The average molecular weight is 283 g/mol. The normalized spacial score (nSPS) is 12.7. The molecule has 1 atom stereocenters. The van der Waals surface area contributed by atoms with Gasteiger partial charge < -0.3 is 10.2 Å². The van der Waals surface area contributed by atoms with Gasteiger partial charge in [-0.2, -0.15) is 0 Å². The molecule has 0 aliphatic heterocycles. The maximum atomic E-state index is 6.24. The molecule has 1 aromatic heterocycles. The summed E-state index contributed by atoms with van der Waals surface area (Å²) in [6, 6.07) is 5.93. The summed E-state index contributed by atoms with van der Waals surface area (Å²) >= 11 is 7.68. The van der Waals surface area contributed by atoms with Crippen LogP contribution in [0.25, 0.3) is 0 Å². The van der Waals surface area contributed by atoms with Crippen molar-refractivity contribution in [3.63, 3.8) is 0 Å². The van der Waals surface area contributed by atoms with E-state index in [0.717, 1.165) is 22.6 Å². The van der Waals surface area contributed by atoms with E-state index in [1.807, 2.05) is 32.0 Å². The predicted molar refractivity (Wildman–Crippen MR) is 74.2 cm³/mol. The van der Waals surface area contributed by atoms with E-state index < -0.39 is 0 Å². The van der Waals surface area contributed by atoms with Crippen LogP contribution in [0, 0.1) is 6.92 Å². The molecular formula is C13H15ClN2OS. The highest BCUT2D eigenvalue weighted by molar-refractivity contribution is 7.99. The SMILES string of the molecule is Cc1coc(Sc2c(Cl)cccc2CC(C)N)n1. The maximum Gasteiger partial charge on any atom is 0.260 e. The number of aryl methyl sites for hydroxylation is 1. The van der Waals surface area contributed by atoms with E-state index in [9.17, 15) is 0 Å². The zero-order valence-electron chi connectivity index (χ0n) is 10.3. The number of oxazole rings is 1. The van der Waals surface area contributed by atoms with Crippen LogP contribution in [-0.2, 0) is 6.42 Å². The number of hydrogen-bond donors (Lipinski definition) is 1.